The quantitative estimate of drug-likeness (QED) is 0.410. The summed E-state index contributed by atoms with van der Waals surface area (Å²) in [5.74, 6) is 0.458. The monoisotopic (exact) mass is 304 g/mol. The van der Waals surface area contributed by atoms with Crippen LogP contribution in [0.15, 0.2) is 0 Å². The van der Waals surface area contributed by atoms with Gasteiger partial charge in [0.25, 0.3) is 0 Å². The minimum atomic E-state index is -3.10. The molecule has 0 saturated carbocycles. The molecule has 0 aliphatic carbocycles. The van der Waals surface area contributed by atoms with Gasteiger partial charge in [0.15, 0.2) is 0 Å². The van der Waals surface area contributed by atoms with Crippen molar-refractivity contribution < 1.29 is 28.9 Å². The zero-order valence-electron chi connectivity index (χ0n) is 8.90. The van der Waals surface area contributed by atoms with Crippen LogP contribution >= 0.6 is 5.69 Å². The van der Waals surface area contributed by atoms with E-state index in [-0.39, 0.29) is 19.5 Å². The Morgan fingerprint density at radius 2 is 2.07 bits per heavy atom. The maximum atomic E-state index is 10.9. The van der Waals surface area contributed by atoms with Crippen LogP contribution in [0.25, 0.3) is 0 Å². The molecule has 14 heavy (non-hydrogen) atoms. The third kappa shape index (κ3) is 11.6. The maximum absolute atomic E-state index is 10.9. The first-order valence-electron chi connectivity index (χ1n) is 4.66. The van der Waals surface area contributed by atoms with Crippen LogP contribution in [0.1, 0.15) is 39.5 Å². The van der Waals surface area contributed by atoms with Gasteiger partial charge in [-0.3, -0.25) is 0 Å². The Labute approximate surface area is 110 Å². The van der Waals surface area contributed by atoms with Crippen molar-refractivity contribution in [2.45, 2.75) is 39.5 Å². The molecular formula is C8H17O2PS2Zn. The van der Waals surface area contributed by atoms with E-state index in [1.54, 1.807) is 0 Å². The van der Waals surface area contributed by atoms with Gasteiger partial charge in [-0.25, -0.2) is 0 Å². The van der Waals surface area contributed by atoms with Gasteiger partial charge in [-0.15, -0.1) is 17.5 Å². The zero-order chi connectivity index (χ0) is 10.3. The standard InChI is InChI=1S/C8H19O2PS2.Zn/c1-3-5-6-8(4-2)7-10-11(9,12)13;/h8H,3-7H2,1-2H3,(H2,9,12,13);/q;+2/p-2. The normalized spacial score (nSPS) is 16.9. The summed E-state index contributed by atoms with van der Waals surface area (Å²) in [5, 5.41) is 0. The summed E-state index contributed by atoms with van der Waals surface area (Å²) in [7, 11) is 0. The molecule has 0 amide bonds. The first kappa shape index (κ1) is 17.9. The van der Waals surface area contributed by atoms with Crippen LogP contribution in [0.5, 0.6) is 0 Å². The van der Waals surface area contributed by atoms with Crippen molar-refractivity contribution in [3.8, 4) is 0 Å². The van der Waals surface area contributed by atoms with E-state index in [1.165, 1.54) is 12.8 Å². The molecule has 0 saturated heterocycles. The first-order chi connectivity index (χ1) is 5.99. The molecule has 0 N–H and O–H groups in total. The SMILES string of the molecule is CCCCC(CC)COP([O-])(=S)[S-].[Zn+2]. The maximum Gasteiger partial charge on any atom is 2.00 e. The topological polar surface area (TPSA) is 32.3 Å². The van der Waals surface area contributed by atoms with E-state index in [2.05, 4.69) is 37.9 Å². The van der Waals surface area contributed by atoms with Gasteiger partial charge in [-0.1, -0.05) is 33.1 Å². The Morgan fingerprint density at radius 1 is 1.50 bits per heavy atom. The van der Waals surface area contributed by atoms with E-state index in [4.69, 9.17) is 4.52 Å². The Kier molecular flexibility index (Phi) is 12.5. The van der Waals surface area contributed by atoms with Crippen molar-refractivity contribution >= 4 is 29.7 Å². The Bertz CT molecular complexity index is 175. The van der Waals surface area contributed by atoms with E-state index < -0.39 is 5.69 Å². The number of hydrogen-bond acceptors (Lipinski definition) is 4. The number of unbranched alkanes of at least 4 members (excludes halogenated alkanes) is 1. The second-order valence-corrected chi connectivity index (χ2v) is 7.89. The Hall–Kier alpha value is 1.54. The van der Waals surface area contributed by atoms with Crippen LogP contribution in [-0.2, 0) is 48.1 Å². The van der Waals surface area contributed by atoms with Crippen molar-refractivity contribution in [1.29, 1.82) is 0 Å². The Balaban J connectivity index is 0. The molecule has 0 aromatic heterocycles. The van der Waals surface area contributed by atoms with Crippen molar-refractivity contribution in [3.63, 3.8) is 0 Å². The average Bonchev–Trinajstić information content (AvgIpc) is 2.03. The van der Waals surface area contributed by atoms with Crippen molar-refractivity contribution in [2.75, 3.05) is 6.61 Å². The molecule has 2 nitrogen and oxygen atoms in total. The average molecular weight is 306 g/mol. The van der Waals surface area contributed by atoms with E-state index in [0.717, 1.165) is 12.8 Å². The summed E-state index contributed by atoms with van der Waals surface area (Å²) in [5.41, 5.74) is -3.10. The van der Waals surface area contributed by atoms with Crippen LogP contribution in [0.2, 0.25) is 0 Å². The van der Waals surface area contributed by atoms with Crippen molar-refractivity contribution in [3.05, 3.63) is 0 Å². The molecule has 0 spiro atoms. The molecule has 0 bridgehead atoms. The molecule has 0 aliphatic heterocycles. The van der Waals surface area contributed by atoms with Gasteiger partial charge in [-0.2, -0.15) is 0 Å². The molecule has 0 aromatic carbocycles. The molecule has 80 valence electrons. The van der Waals surface area contributed by atoms with Gasteiger partial charge in [0.2, 0.25) is 0 Å². The van der Waals surface area contributed by atoms with E-state index >= 15 is 0 Å². The molecule has 0 heterocycles. The molecule has 0 fully saturated rings. The smallest absolute Gasteiger partial charge is 0.819 e. The van der Waals surface area contributed by atoms with Gasteiger partial charge in [0.1, 0.15) is 0 Å². The van der Waals surface area contributed by atoms with E-state index in [1.807, 2.05) is 0 Å². The fourth-order valence-electron chi connectivity index (χ4n) is 1.09. The first-order valence-corrected chi connectivity index (χ1v) is 8.31. The minimum Gasteiger partial charge on any atom is -0.819 e. The van der Waals surface area contributed by atoms with Gasteiger partial charge >= 0.3 is 19.5 Å². The summed E-state index contributed by atoms with van der Waals surface area (Å²) < 4.78 is 4.96. The number of rotatable bonds is 7. The molecule has 0 rings (SSSR count). The van der Waals surface area contributed by atoms with Crippen LogP contribution in [0, 0.1) is 5.92 Å². The van der Waals surface area contributed by atoms with E-state index in [0.29, 0.717) is 12.5 Å². The van der Waals surface area contributed by atoms with Crippen LogP contribution in [-0.4, -0.2) is 6.61 Å². The van der Waals surface area contributed by atoms with Gasteiger partial charge in [0, 0.05) is 0 Å². The predicted octanol–water partition coefficient (Wildman–Crippen LogP) is 2.35. The second-order valence-electron chi connectivity index (χ2n) is 3.16. The molecule has 2 atom stereocenters. The summed E-state index contributed by atoms with van der Waals surface area (Å²) in [6, 6.07) is 0. The van der Waals surface area contributed by atoms with Crippen molar-refractivity contribution in [1.82, 2.24) is 0 Å². The van der Waals surface area contributed by atoms with Gasteiger partial charge in [-0.05, 0) is 12.3 Å². The zero-order valence-corrected chi connectivity index (χ0v) is 14.4. The van der Waals surface area contributed by atoms with Crippen LogP contribution in [0.3, 0.4) is 0 Å². The summed E-state index contributed by atoms with van der Waals surface area (Å²) in [4.78, 5) is 10.9. The summed E-state index contributed by atoms with van der Waals surface area (Å²) in [6.07, 6.45) is 4.50. The van der Waals surface area contributed by atoms with Crippen molar-refractivity contribution in [2.24, 2.45) is 5.92 Å². The fraction of sp³-hybridized carbons (Fsp3) is 1.00. The minimum absolute atomic E-state index is 0. The number of hydrogen-bond donors (Lipinski definition) is 0. The Morgan fingerprint density at radius 3 is 2.43 bits per heavy atom. The molecular weight excluding hydrogens is 289 g/mol. The van der Waals surface area contributed by atoms with Crippen LogP contribution in [0.4, 0.5) is 0 Å². The second kappa shape index (κ2) is 9.75. The van der Waals surface area contributed by atoms with E-state index in [9.17, 15) is 4.89 Å². The largest absolute Gasteiger partial charge is 2.00 e. The van der Waals surface area contributed by atoms with Gasteiger partial charge < -0.3 is 21.7 Å². The molecule has 0 aliphatic rings. The van der Waals surface area contributed by atoms with Crippen LogP contribution < -0.4 is 4.89 Å². The molecule has 0 aromatic rings. The summed E-state index contributed by atoms with van der Waals surface area (Å²) in [6.45, 7) is 4.71. The summed E-state index contributed by atoms with van der Waals surface area (Å²) >= 11 is 9.02. The predicted molar refractivity (Wildman–Crippen MR) is 60.9 cm³/mol. The molecule has 2 unspecified atom stereocenters. The molecule has 0 radical (unpaired) electrons. The fourth-order valence-corrected chi connectivity index (χ4v) is 1.85. The molecule has 6 heteroatoms. The third-order valence-corrected chi connectivity index (χ3v) is 3.11. The third-order valence-electron chi connectivity index (χ3n) is 2.01. The van der Waals surface area contributed by atoms with Gasteiger partial charge in [0.05, 0.1) is 6.61 Å².